The van der Waals surface area contributed by atoms with Crippen molar-refractivity contribution in [3.05, 3.63) is 29.1 Å². The third-order valence-corrected chi connectivity index (χ3v) is 5.32. The number of hydrogen-bond acceptors (Lipinski definition) is 6. The van der Waals surface area contributed by atoms with E-state index in [1.165, 1.54) is 6.20 Å². The highest BCUT2D eigenvalue weighted by Gasteiger charge is 2.44. The largest absolute Gasteiger partial charge is 0.372 e. The van der Waals surface area contributed by atoms with Gasteiger partial charge in [0.2, 0.25) is 0 Å². The summed E-state index contributed by atoms with van der Waals surface area (Å²) in [6, 6.07) is 2.38. The lowest BCUT2D eigenvalue weighted by Gasteiger charge is -2.50. The number of carbonyl (C=O) groups is 1. The molecule has 0 saturated carbocycles. The smallest absolute Gasteiger partial charge is 0.276 e. The molecule has 3 N–H and O–H groups in total. The number of amides is 1. The normalized spacial score (nSPS) is 26.4. The van der Waals surface area contributed by atoms with Crippen LogP contribution in [0.3, 0.4) is 0 Å². The van der Waals surface area contributed by atoms with E-state index in [1.54, 1.807) is 5.48 Å². The Bertz CT molecular complexity index is 617. The summed E-state index contributed by atoms with van der Waals surface area (Å²) in [4.78, 5) is 18.4. The molecule has 4 heterocycles. The topological polar surface area (TPSA) is 86.7 Å². The Balaban J connectivity index is 1.47. The zero-order valence-corrected chi connectivity index (χ0v) is 13.0. The minimum absolute atomic E-state index is 0.0553. The van der Waals surface area contributed by atoms with E-state index >= 15 is 0 Å². The maximum Gasteiger partial charge on any atom is 0.276 e. The summed E-state index contributed by atoms with van der Waals surface area (Å²) in [5, 5.41) is 12.0. The Morgan fingerprint density at radius 1 is 1.52 bits per heavy atom. The van der Waals surface area contributed by atoms with E-state index in [0.717, 1.165) is 63.3 Å². The van der Waals surface area contributed by atoms with Crippen molar-refractivity contribution in [3.63, 3.8) is 0 Å². The molecule has 0 aromatic carbocycles. The van der Waals surface area contributed by atoms with Crippen LogP contribution in [0.15, 0.2) is 12.3 Å². The lowest BCUT2D eigenvalue weighted by atomic mass is 9.84. The predicted octanol–water partition coefficient (Wildman–Crippen LogP) is 0.0797. The van der Waals surface area contributed by atoms with Crippen LogP contribution in [0.4, 0.5) is 0 Å². The van der Waals surface area contributed by atoms with Gasteiger partial charge in [-0.05, 0) is 30.9 Å². The van der Waals surface area contributed by atoms with Crippen molar-refractivity contribution in [3.8, 4) is 0 Å². The number of fused-ring (bicyclic) bond motifs is 1. The number of aromatic nitrogens is 1. The Labute approximate surface area is 135 Å². The van der Waals surface area contributed by atoms with Crippen LogP contribution >= 0.6 is 0 Å². The second-order valence-corrected chi connectivity index (χ2v) is 6.77. The molecule has 1 atom stereocenters. The van der Waals surface area contributed by atoms with Crippen LogP contribution in [-0.2, 0) is 17.7 Å². The molecule has 1 aromatic heterocycles. The van der Waals surface area contributed by atoms with Gasteiger partial charge in [0.25, 0.3) is 5.91 Å². The molecule has 0 unspecified atom stereocenters. The average molecular weight is 318 g/mol. The van der Waals surface area contributed by atoms with Crippen molar-refractivity contribution < 1.29 is 14.7 Å². The number of pyridine rings is 1. The fourth-order valence-corrected chi connectivity index (χ4v) is 3.90. The molecule has 7 nitrogen and oxygen atoms in total. The highest BCUT2D eigenvalue weighted by molar-refractivity contribution is 5.93. The third kappa shape index (κ3) is 2.74. The van der Waals surface area contributed by atoms with Gasteiger partial charge in [-0.2, -0.15) is 0 Å². The van der Waals surface area contributed by atoms with Crippen molar-refractivity contribution in [2.24, 2.45) is 0 Å². The Hall–Kier alpha value is -1.54. The summed E-state index contributed by atoms with van der Waals surface area (Å²) >= 11 is 0. The maximum absolute atomic E-state index is 11.5. The van der Waals surface area contributed by atoms with Gasteiger partial charge < -0.3 is 10.1 Å². The second kappa shape index (κ2) is 5.83. The number of ether oxygens (including phenoxy) is 1. The van der Waals surface area contributed by atoms with Gasteiger partial charge in [-0.3, -0.25) is 19.9 Å². The zero-order chi connectivity index (χ0) is 15.9. The quantitative estimate of drug-likeness (QED) is 0.529. The molecule has 0 aliphatic carbocycles. The molecular formula is C16H22N4O3. The molecule has 124 valence electrons. The van der Waals surface area contributed by atoms with E-state index in [0.29, 0.717) is 11.6 Å². The molecule has 0 bridgehead atoms. The maximum atomic E-state index is 11.5. The van der Waals surface area contributed by atoms with Crippen LogP contribution in [0.2, 0.25) is 0 Å². The van der Waals surface area contributed by atoms with Crippen molar-refractivity contribution in [2.75, 3.05) is 26.2 Å². The van der Waals surface area contributed by atoms with E-state index in [-0.39, 0.29) is 5.60 Å². The van der Waals surface area contributed by atoms with Crippen molar-refractivity contribution >= 4 is 5.91 Å². The van der Waals surface area contributed by atoms with E-state index in [2.05, 4.69) is 15.2 Å². The minimum Gasteiger partial charge on any atom is -0.372 e. The standard InChI is InChI=1S/C16H22N4O3/c21-15(19-22)12-5-11-1-3-20(8-14(11)18-7-12)13-2-4-23-16(6-13)9-17-10-16/h5,7,13,17,22H,1-4,6,8-10H2,(H,19,21)/t13-/m1/s1. The van der Waals surface area contributed by atoms with Crippen LogP contribution < -0.4 is 10.8 Å². The minimum atomic E-state index is -0.508. The molecule has 3 aliphatic heterocycles. The molecule has 3 aliphatic rings. The number of hydrogen-bond donors (Lipinski definition) is 3. The molecule has 2 fully saturated rings. The SMILES string of the molecule is O=C(NO)c1cnc2c(c1)CCN([C@@H]1CCOC3(CNC3)C1)C2. The summed E-state index contributed by atoms with van der Waals surface area (Å²) in [5.74, 6) is -0.508. The number of nitrogens with one attached hydrogen (secondary N) is 2. The van der Waals surface area contributed by atoms with Gasteiger partial charge in [-0.15, -0.1) is 0 Å². The van der Waals surface area contributed by atoms with E-state index in [9.17, 15) is 4.79 Å². The first-order chi connectivity index (χ1) is 11.2. The third-order valence-electron chi connectivity index (χ3n) is 5.32. The first kappa shape index (κ1) is 15.0. The van der Waals surface area contributed by atoms with E-state index in [4.69, 9.17) is 9.94 Å². The van der Waals surface area contributed by atoms with Gasteiger partial charge in [-0.25, -0.2) is 5.48 Å². The zero-order valence-electron chi connectivity index (χ0n) is 13.0. The second-order valence-electron chi connectivity index (χ2n) is 6.77. The molecule has 1 amide bonds. The Kier molecular flexibility index (Phi) is 3.81. The van der Waals surface area contributed by atoms with E-state index < -0.39 is 5.91 Å². The summed E-state index contributed by atoms with van der Waals surface area (Å²) in [7, 11) is 0. The number of hydroxylamine groups is 1. The first-order valence-corrected chi connectivity index (χ1v) is 8.20. The molecule has 4 rings (SSSR count). The average Bonchev–Trinajstić information content (AvgIpc) is 2.59. The summed E-state index contributed by atoms with van der Waals surface area (Å²) < 4.78 is 5.97. The number of rotatable bonds is 2. The Morgan fingerprint density at radius 2 is 2.39 bits per heavy atom. The van der Waals surface area contributed by atoms with Gasteiger partial charge in [0.05, 0.1) is 16.9 Å². The molecule has 23 heavy (non-hydrogen) atoms. The Morgan fingerprint density at radius 3 is 3.13 bits per heavy atom. The fourth-order valence-electron chi connectivity index (χ4n) is 3.90. The fraction of sp³-hybridized carbons (Fsp3) is 0.625. The molecule has 2 saturated heterocycles. The van der Waals surface area contributed by atoms with Crippen molar-refractivity contribution in [1.29, 1.82) is 0 Å². The van der Waals surface area contributed by atoms with Gasteiger partial charge in [-0.1, -0.05) is 0 Å². The van der Waals surface area contributed by atoms with Crippen LogP contribution in [0.5, 0.6) is 0 Å². The van der Waals surface area contributed by atoms with Gasteiger partial charge in [0, 0.05) is 45.0 Å². The monoisotopic (exact) mass is 318 g/mol. The summed E-state index contributed by atoms with van der Waals surface area (Å²) in [6.07, 6.45) is 4.58. The molecular weight excluding hydrogens is 296 g/mol. The summed E-state index contributed by atoms with van der Waals surface area (Å²) in [6.45, 7) is 4.56. The van der Waals surface area contributed by atoms with E-state index in [1.807, 2.05) is 6.07 Å². The molecule has 0 radical (unpaired) electrons. The molecule has 7 heteroatoms. The van der Waals surface area contributed by atoms with Crippen LogP contribution in [0, 0.1) is 0 Å². The lowest BCUT2D eigenvalue weighted by Crippen LogP contribution is -2.65. The van der Waals surface area contributed by atoms with Crippen molar-refractivity contribution in [1.82, 2.24) is 20.7 Å². The molecule has 1 spiro atoms. The first-order valence-electron chi connectivity index (χ1n) is 8.20. The van der Waals surface area contributed by atoms with Crippen LogP contribution in [0.25, 0.3) is 0 Å². The predicted molar refractivity (Wildman–Crippen MR) is 82.2 cm³/mol. The van der Waals surface area contributed by atoms with Crippen LogP contribution in [0.1, 0.15) is 34.5 Å². The number of nitrogens with zero attached hydrogens (tertiary/aromatic N) is 2. The molecule has 1 aromatic rings. The summed E-state index contributed by atoms with van der Waals surface area (Å²) in [5.41, 5.74) is 4.27. The van der Waals surface area contributed by atoms with Crippen LogP contribution in [-0.4, -0.2) is 58.9 Å². The van der Waals surface area contributed by atoms with Gasteiger partial charge >= 0.3 is 0 Å². The van der Waals surface area contributed by atoms with Gasteiger partial charge in [0.1, 0.15) is 0 Å². The highest BCUT2D eigenvalue weighted by atomic mass is 16.5. The lowest BCUT2D eigenvalue weighted by molar-refractivity contribution is -0.134. The van der Waals surface area contributed by atoms with Gasteiger partial charge in [0.15, 0.2) is 0 Å². The van der Waals surface area contributed by atoms with Crippen molar-refractivity contribution in [2.45, 2.75) is 37.5 Å². The highest BCUT2D eigenvalue weighted by Crippen LogP contribution is 2.33. The number of carbonyl (C=O) groups excluding carboxylic acids is 1.